The third-order valence-corrected chi connectivity index (χ3v) is 1.65. The van der Waals surface area contributed by atoms with Crippen molar-refractivity contribution in [3.8, 4) is 0 Å². The SMILES string of the molecule is O=[N+]([O-])c1cccc(C=NNC(=S)S)c1. The second-order valence-corrected chi connectivity index (χ2v) is 3.69. The van der Waals surface area contributed by atoms with Crippen LogP contribution in [0.25, 0.3) is 0 Å². The standard InChI is InChI=1S/C8H7N3O2S2/c12-11(13)7-3-1-2-6(4-7)5-9-10-8(14)15/h1-5H,(H2,10,14,15). The maximum atomic E-state index is 10.4. The summed E-state index contributed by atoms with van der Waals surface area (Å²) >= 11 is 8.41. The van der Waals surface area contributed by atoms with Gasteiger partial charge in [-0.05, 0) is 0 Å². The van der Waals surface area contributed by atoms with E-state index in [0.717, 1.165) is 0 Å². The molecule has 0 fully saturated rings. The minimum atomic E-state index is -0.464. The van der Waals surface area contributed by atoms with Crippen LogP contribution in [0.15, 0.2) is 29.4 Å². The minimum Gasteiger partial charge on any atom is -0.263 e. The molecule has 0 unspecified atom stereocenters. The van der Waals surface area contributed by atoms with E-state index < -0.39 is 4.92 Å². The number of thiocarbonyl (C=S) groups is 1. The lowest BCUT2D eigenvalue weighted by molar-refractivity contribution is -0.384. The zero-order chi connectivity index (χ0) is 11.3. The molecule has 1 rings (SSSR count). The van der Waals surface area contributed by atoms with Gasteiger partial charge in [0.25, 0.3) is 5.69 Å². The van der Waals surface area contributed by atoms with Gasteiger partial charge in [0, 0.05) is 17.7 Å². The first-order chi connectivity index (χ1) is 7.09. The van der Waals surface area contributed by atoms with Gasteiger partial charge in [-0.1, -0.05) is 24.4 Å². The van der Waals surface area contributed by atoms with Crippen molar-refractivity contribution < 1.29 is 4.92 Å². The Bertz CT molecular complexity index is 420. The van der Waals surface area contributed by atoms with Gasteiger partial charge in [-0.15, -0.1) is 12.6 Å². The van der Waals surface area contributed by atoms with Gasteiger partial charge >= 0.3 is 0 Å². The molecule has 0 aromatic heterocycles. The number of nitrogens with zero attached hydrogens (tertiary/aromatic N) is 2. The van der Waals surface area contributed by atoms with Crippen LogP contribution in [0.3, 0.4) is 0 Å². The Hall–Kier alpha value is -1.47. The summed E-state index contributed by atoms with van der Waals surface area (Å²) in [7, 11) is 0. The zero-order valence-corrected chi connectivity index (χ0v) is 9.16. The highest BCUT2D eigenvalue weighted by Crippen LogP contribution is 2.11. The van der Waals surface area contributed by atoms with E-state index in [-0.39, 0.29) is 10.0 Å². The first-order valence-electron chi connectivity index (χ1n) is 3.86. The maximum absolute atomic E-state index is 10.4. The first kappa shape index (κ1) is 11.6. The molecule has 0 aliphatic rings. The van der Waals surface area contributed by atoms with Crippen LogP contribution in [0.5, 0.6) is 0 Å². The smallest absolute Gasteiger partial charge is 0.263 e. The van der Waals surface area contributed by atoms with Gasteiger partial charge in [0.1, 0.15) is 0 Å². The molecule has 7 heteroatoms. The van der Waals surface area contributed by atoms with E-state index in [2.05, 4.69) is 35.4 Å². The Labute approximate surface area is 96.7 Å². The average Bonchev–Trinajstić information content (AvgIpc) is 2.17. The number of non-ortho nitro benzene ring substituents is 1. The topological polar surface area (TPSA) is 67.5 Å². The van der Waals surface area contributed by atoms with E-state index in [4.69, 9.17) is 0 Å². The molecule has 15 heavy (non-hydrogen) atoms. The second-order valence-electron chi connectivity index (χ2n) is 2.53. The van der Waals surface area contributed by atoms with E-state index in [1.54, 1.807) is 12.1 Å². The molecule has 0 aliphatic carbocycles. The largest absolute Gasteiger partial charge is 0.270 e. The van der Waals surface area contributed by atoms with Crippen molar-refractivity contribution >= 4 is 41.1 Å². The third-order valence-electron chi connectivity index (χ3n) is 1.45. The van der Waals surface area contributed by atoms with E-state index in [1.807, 2.05) is 0 Å². The molecule has 1 aromatic carbocycles. The Morgan fingerprint density at radius 3 is 3.00 bits per heavy atom. The van der Waals surface area contributed by atoms with E-state index in [9.17, 15) is 10.1 Å². The summed E-state index contributed by atoms with van der Waals surface area (Å²) < 4.78 is 0.233. The van der Waals surface area contributed by atoms with Crippen LogP contribution in [0.4, 0.5) is 5.69 Å². The van der Waals surface area contributed by atoms with Gasteiger partial charge < -0.3 is 0 Å². The molecule has 0 aliphatic heterocycles. The summed E-state index contributed by atoms with van der Waals surface area (Å²) in [5, 5.41) is 14.2. The summed E-state index contributed by atoms with van der Waals surface area (Å²) in [4.78, 5) is 9.98. The number of rotatable bonds is 3. The lowest BCUT2D eigenvalue weighted by Gasteiger charge is -1.94. The summed E-state index contributed by atoms with van der Waals surface area (Å²) in [5.74, 6) is 0. The molecule has 0 saturated carbocycles. The van der Waals surface area contributed by atoms with Crippen molar-refractivity contribution in [2.45, 2.75) is 0 Å². The minimum absolute atomic E-state index is 0.0207. The van der Waals surface area contributed by atoms with Crippen LogP contribution in [-0.4, -0.2) is 15.5 Å². The van der Waals surface area contributed by atoms with Crippen LogP contribution < -0.4 is 5.43 Å². The number of nitro groups is 1. The number of hydrogen-bond donors (Lipinski definition) is 2. The molecule has 0 heterocycles. The molecule has 78 valence electrons. The van der Waals surface area contributed by atoms with Crippen LogP contribution in [0.1, 0.15) is 5.56 Å². The predicted molar refractivity (Wildman–Crippen MR) is 65.4 cm³/mol. The van der Waals surface area contributed by atoms with Gasteiger partial charge in [-0.3, -0.25) is 15.5 Å². The van der Waals surface area contributed by atoms with Crippen molar-refractivity contribution in [3.63, 3.8) is 0 Å². The Morgan fingerprint density at radius 1 is 1.67 bits per heavy atom. The zero-order valence-electron chi connectivity index (χ0n) is 7.45. The van der Waals surface area contributed by atoms with E-state index in [1.165, 1.54) is 18.3 Å². The fraction of sp³-hybridized carbons (Fsp3) is 0. The second kappa shape index (κ2) is 5.42. The molecule has 0 amide bonds. The molecule has 0 radical (unpaired) electrons. The normalized spacial score (nSPS) is 10.2. The average molecular weight is 241 g/mol. The Kier molecular flexibility index (Phi) is 4.19. The van der Waals surface area contributed by atoms with Gasteiger partial charge in [-0.25, -0.2) is 0 Å². The fourth-order valence-corrected chi connectivity index (χ4v) is 0.991. The maximum Gasteiger partial charge on any atom is 0.270 e. The molecule has 0 spiro atoms. The highest BCUT2D eigenvalue weighted by molar-refractivity contribution is 8.11. The molecule has 0 atom stereocenters. The summed E-state index contributed by atoms with van der Waals surface area (Å²) in [5.41, 5.74) is 3.07. The van der Waals surface area contributed by atoms with Gasteiger partial charge in [0.15, 0.2) is 4.32 Å². The lowest BCUT2D eigenvalue weighted by Crippen LogP contribution is -2.07. The van der Waals surface area contributed by atoms with Crippen LogP contribution in [0, 0.1) is 10.1 Å². The van der Waals surface area contributed by atoms with Crippen LogP contribution >= 0.6 is 24.8 Å². The summed E-state index contributed by atoms with van der Waals surface area (Å²) in [6.07, 6.45) is 1.43. The fourth-order valence-electron chi connectivity index (χ4n) is 0.881. The Morgan fingerprint density at radius 2 is 2.40 bits per heavy atom. The van der Waals surface area contributed by atoms with Crippen molar-refractivity contribution in [3.05, 3.63) is 39.9 Å². The third kappa shape index (κ3) is 4.05. The number of thiol groups is 1. The molecule has 1 N–H and O–H groups in total. The Balaban J connectivity index is 2.78. The van der Waals surface area contributed by atoms with Crippen molar-refractivity contribution in [2.24, 2.45) is 5.10 Å². The van der Waals surface area contributed by atoms with Crippen molar-refractivity contribution in [1.29, 1.82) is 0 Å². The lowest BCUT2D eigenvalue weighted by atomic mass is 10.2. The molecule has 0 bridgehead atoms. The number of hydrogen-bond acceptors (Lipinski definition) is 4. The molecular weight excluding hydrogens is 234 g/mol. The van der Waals surface area contributed by atoms with Gasteiger partial charge in [0.05, 0.1) is 11.1 Å². The van der Waals surface area contributed by atoms with E-state index >= 15 is 0 Å². The number of hydrazone groups is 1. The molecular formula is C8H7N3O2S2. The van der Waals surface area contributed by atoms with Crippen LogP contribution in [-0.2, 0) is 0 Å². The molecule has 0 saturated heterocycles. The van der Waals surface area contributed by atoms with Crippen molar-refractivity contribution in [2.75, 3.05) is 0 Å². The van der Waals surface area contributed by atoms with Crippen molar-refractivity contribution in [1.82, 2.24) is 5.43 Å². The van der Waals surface area contributed by atoms with Crippen LogP contribution in [0.2, 0.25) is 0 Å². The quantitative estimate of drug-likeness (QED) is 0.278. The summed E-state index contributed by atoms with van der Waals surface area (Å²) in [6, 6.07) is 6.10. The van der Waals surface area contributed by atoms with Gasteiger partial charge in [-0.2, -0.15) is 5.10 Å². The highest BCUT2D eigenvalue weighted by Gasteiger charge is 2.03. The van der Waals surface area contributed by atoms with Gasteiger partial charge in [0.2, 0.25) is 0 Å². The highest BCUT2D eigenvalue weighted by atomic mass is 32.1. The molecule has 5 nitrogen and oxygen atoms in total. The van der Waals surface area contributed by atoms with E-state index in [0.29, 0.717) is 5.56 Å². The number of nitro benzene ring substituents is 1. The predicted octanol–water partition coefficient (Wildman–Crippen LogP) is 1.73. The monoisotopic (exact) mass is 241 g/mol. The first-order valence-corrected chi connectivity index (χ1v) is 4.71. The summed E-state index contributed by atoms with van der Waals surface area (Å²) in [6.45, 7) is 0. The number of benzene rings is 1. The number of nitrogens with one attached hydrogen (secondary N) is 1. The molecule has 1 aromatic rings.